The van der Waals surface area contributed by atoms with E-state index in [0.29, 0.717) is 5.69 Å². The highest BCUT2D eigenvalue weighted by Crippen LogP contribution is 2.37. The van der Waals surface area contributed by atoms with Gasteiger partial charge in [0.1, 0.15) is 11.5 Å². The third-order valence-corrected chi connectivity index (χ3v) is 4.22. The van der Waals surface area contributed by atoms with Crippen LogP contribution < -0.4 is 25.8 Å². The van der Waals surface area contributed by atoms with Crippen LogP contribution in [0.3, 0.4) is 0 Å². The fraction of sp³-hybridized carbons (Fsp3) is 0.0952. The zero-order valence-corrected chi connectivity index (χ0v) is 15.2. The van der Waals surface area contributed by atoms with Gasteiger partial charge in [-0.2, -0.15) is 0 Å². The van der Waals surface area contributed by atoms with Crippen molar-refractivity contribution in [3.05, 3.63) is 72.3 Å². The minimum Gasteiger partial charge on any atom is -0.497 e. The number of nitrogen functional groups attached to an aromatic ring is 1. The number of nitrogens with zero attached hydrogens (tertiary/aromatic N) is 1. The minimum absolute atomic E-state index is 0.277. The molecule has 3 aromatic rings. The molecule has 0 unspecified atom stereocenters. The number of nitrogens with two attached hydrogens (primary N) is 2. The molecule has 0 heterocycles. The van der Waals surface area contributed by atoms with Crippen molar-refractivity contribution in [2.24, 2.45) is 5.73 Å². The van der Waals surface area contributed by atoms with Crippen molar-refractivity contribution in [2.75, 3.05) is 24.9 Å². The van der Waals surface area contributed by atoms with Crippen LogP contribution >= 0.6 is 0 Å². The third kappa shape index (κ3) is 3.79. The Morgan fingerprint density at radius 3 is 1.63 bits per heavy atom. The maximum atomic E-state index is 11.7. The summed E-state index contributed by atoms with van der Waals surface area (Å²) < 4.78 is 10.5. The molecule has 0 saturated heterocycles. The summed E-state index contributed by atoms with van der Waals surface area (Å²) in [5.41, 5.74) is 14.5. The topological polar surface area (TPSA) is 90.8 Å². The zero-order chi connectivity index (χ0) is 19.4. The number of primary amides is 1. The molecular formula is C21H21N3O3. The maximum absolute atomic E-state index is 11.7. The zero-order valence-electron chi connectivity index (χ0n) is 15.2. The summed E-state index contributed by atoms with van der Waals surface area (Å²) in [5, 5.41) is 0. The number of rotatable bonds is 6. The highest BCUT2D eigenvalue weighted by atomic mass is 16.5. The Labute approximate surface area is 157 Å². The lowest BCUT2D eigenvalue weighted by atomic mass is 10.1. The standard InChI is InChI=1S/C21H21N3O3/c1-26-17-8-3-14(4-9-17)24(15-5-10-18(27-2)11-6-15)16-7-12-20(22)19(13-16)21(23)25/h3-13H,22H2,1-2H3,(H2,23,25). The lowest BCUT2D eigenvalue weighted by Gasteiger charge is -2.26. The van der Waals surface area contributed by atoms with Crippen molar-refractivity contribution in [2.45, 2.75) is 0 Å². The Balaban J connectivity index is 2.14. The molecular weight excluding hydrogens is 342 g/mol. The molecule has 0 spiro atoms. The van der Waals surface area contributed by atoms with E-state index in [9.17, 15) is 4.79 Å². The molecule has 6 heteroatoms. The lowest BCUT2D eigenvalue weighted by molar-refractivity contribution is 0.100. The summed E-state index contributed by atoms with van der Waals surface area (Å²) in [6.07, 6.45) is 0. The number of carbonyl (C=O) groups is 1. The predicted octanol–water partition coefficient (Wildman–Crippen LogP) is 3.85. The van der Waals surface area contributed by atoms with Gasteiger partial charge in [-0.05, 0) is 66.7 Å². The molecule has 0 aliphatic heterocycles. The van der Waals surface area contributed by atoms with Crippen LogP contribution in [0.2, 0.25) is 0 Å². The summed E-state index contributed by atoms with van der Waals surface area (Å²) in [5.74, 6) is 0.936. The maximum Gasteiger partial charge on any atom is 0.250 e. The van der Waals surface area contributed by atoms with Crippen LogP contribution in [0.15, 0.2) is 66.7 Å². The van der Waals surface area contributed by atoms with Crippen LogP contribution in [-0.2, 0) is 0 Å². The smallest absolute Gasteiger partial charge is 0.250 e. The molecule has 0 aliphatic rings. The van der Waals surface area contributed by atoms with Gasteiger partial charge in [-0.25, -0.2) is 0 Å². The number of hydrogen-bond acceptors (Lipinski definition) is 5. The summed E-state index contributed by atoms with van der Waals surface area (Å²) >= 11 is 0. The van der Waals surface area contributed by atoms with E-state index < -0.39 is 5.91 Å². The number of anilines is 4. The number of methoxy groups -OCH3 is 2. The Hall–Kier alpha value is -3.67. The Kier molecular flexibility index (Phi) is 5.17. The van der Waals surface area contributed by atoms with Crippen LogP contribution in [0, 0.1) is 0 Å². The fourth-order valence-electron chi connectivity index (χ4n) is 2.81. The van der Waals surface area contributed by atoms with Gasteiger partial charge in [-0.1, -0.05) is 0 Å². The molecule has 0 bridgehead atoms. The van der Waals surface area contributed by atoms with E-state index in [1.54, 1.807) is 26.4 Å². The van der Waals surface area contributed by atoms with E-state index in [4.69, 9.17) is 20.9 Å². The molecule has 0 fully saturated rings. The molecule has 3 rings (SSSR count). The second-order valence-corrected chi connectivity index (χ2v) is 5.87. The van der Waals surface area contributed by atoms with Crippen LogP contribution in [0.5, 0.6) is 11.5 Å². The number of hydrogen-bond donors (Lipinski definition) is 2. The Bertz CT molecular complexity index is 890. The second-order valence-electron chi connectivity index (χ2n) is 5.87. The van der Waals surface area contributed by atoms with Crippen molar-refractivity contribution in [1.82, 2.24) is 0 Å². The van der Waals surface area contributed by atoms with Gasteiger partial charge in [0.05, 0.1) is 19.8 Å². The summed E-state index contributed by atoms with van der Waals surface area (Å²) in [6.45, 7) is 0. The first kappa shape index (κ1) is 18.1. The summed E-state index contributed by atoms with van der Waals surface area (Å²) in [7, 11) is 3.24. The molecule has 3 aromatic carbocycles. The van der Waals surface area contributed by atoms with E-state index in [2.05, 4.69) is 0 Å². The van der Waals surface area contributed by atoms with E-state index in [1.807, 2.05) is 59.5 Å². The number of ether oxygens (including phenoxy) is 2. The highest BCUT2D eigenvalue weighted by Gasteiger charge is 2.16. The van der Waals surface area contributed by atoms with Gasteiger partial charge in [0.2, 0.25) is 0 Å². The first-order chi connectivity index (χ1) is 13.0. The quantitative estimate of drug-likeness (QED) is 0.649. The molecule has 0 aromatic heterocycles. The molecule has 1 amide bonds. The normalized spacial score (nSPS) is 10.3. The molecule has 0 atom stereocenters. The first-order valence-electron chi connectivity index (χ1n) is 8.31. The minimum atomic E-state index is -0.571. The van der Waals surface area contributed by atoms with Crippen molar-refractivity contribution < 1.29 is 14.3 Å². The SMILES string of the molecule is COc1ccc(N(c2ccc(OC)cc2)c2ccc(N)c(C(N)=O)c2)cc1. The van der Waals surface area contributed by atoms with E-state index in [-0.39, 0.29) is 5.56 Å². The summed E-state index contributed by atoms with van der Waals surface area (Å²) in [4.78, 5) is 13.7. The average Bonchev–Trinajstić information content (AvgIpc) is 2.70. The Morgan fingerprint density at radius 2 is 1.22 bits per heavy atom. The van der Waals surface area contributed by atoms with Crippen LogP contribution in [0.4, 0.5) is 22.7 Å². The number of amides is 1. The fourth-order valence-corrected chi connectivity index (χ4v) is 2.81. The molecule has 27 heavy (non-hydrogen) atoms. The van der Waals surface area contributed by atoms with Crippen LogP contribution in [0.25, 0.3) is 0 Å². The molecule has 0 aliphatic carbocycles. The van der Waals surface area contributed by atoms with Crippen molar-refractivity contribution in [3.63, 3.8) is 0 Å². The van der Waals surface area contributed by atoms with Crippen LogP contribution in [-0.4, -0.2) is 20.1 Å². The van der Waals surface area contributed by atoms with Crippen molar-refractivity contribution >= 4 is 28.7 Å². The van der Waals surface area contributed by atoms with Crippen LogP contribution in [0.1, 0.15) is 10.4 Å². The van der Waals surface area contributed by atoms with Gasteiger partial charge >= 0.3 is 0 Å². The molecule has 6 nitrogen and oxygen atoms in total. The Morgan fingerprint density at radius 1 is 0.778 bits per heavy atom. The third-order valence-electron chi connectivity index (χ3n) is 4.22. The molecule has 138 valence electrons. The molecule has 0 radical (unpaired) electrons. The molecule has 0 saturated carbocycles. The second kappa shape index (κ2) is 7.70. The van der Waals surface area contributed by atoms with Gasteiger partial charge in [0, 0.05) is 22.7 Å². The van der Waals surface area contributed by atoms with Gasteiger partial charge in [-0.3, -0.25) is 4.79 Å². The molecule has 4 N–H and O–H groups in total. The summed E-state index contributed by atoms with van der Waals surface area (Å²) in [6, 6.07) is 20.4. The van der Waals surface area contributed by atoms with Gasteiger partial charge in [0.15, 0.2) is 0 Å². The largest absolute Gasteiger partial charge is 0.497 e. The van der Waals surface area contributed by atoms with Gasteiger partial charge < -0.3 is 25.8 Å². The van der Waals surface area contributed by atoms with E-state index in [1.165, 1.54) is 0 Å². The van der Waals surface area contributed by atoms with E-state index in [0.717, 1.165) is 28.6 Å². The predicted molar refractivity (Wildman–Crippen MR) is 107 cm³/mol. The van der Waals surface area contributed by atoms with Crippen molar-refractivity contribution in [3.8, 4) is 11.5 Å². The monoisotopic (exact) mass is 363 g/mol. The van der Waals surface area contributed by atoms with Gasteiger partial charge in [0.25, 0.3) is 5.91 Å². The average molecular weight is 363 g/mol. The lowest BCUT2D eigenvalue weighted by Crippen LogP contribution is -2.16. The highest BCUT2D eigenvalue weighted by molar-refractivity contribution is 5.99. The van der Waals surface area contributed by atoms with E-state index >= 15 is 0 Å². The number of benzene rings is 3. The first-order valence-corrected chi connectivity index (χ1v) is 8.31. The number of carbonyl (C=O) groups excluding carboxylic acids is 1. The van der Waals surface area contributed by atoms with Gasteiger partial charge in [-0.15, -0.1) is 0 Å². The van der Waals surface area contributed by atoms with Crippen molar-refractivity contribution in [1.29, 1.82) is 0 Å².